The van der Waals surface area contributed by atoms with Gasteiger partial charge < -0.3 is 15.8 Å². The van der Waals surface area contributed by atoms with Crippen LogP contribution in [0, 0.1) is 0 Å². The topological polar surface area (TPSA) is 64.4 Å². The summed E-state index contributed by atoms with van der Waals surface area (Å²) < 4.78 is 43.5. The summed E-state index contributed by atoms with van der Waals surface area (Å²) in [6.45, 7) is 2.40. The lowest BCUT2D eigenvalue weighted by Crippen LogP contribution is -2.41. The lowest BCUT2D eigenvalue weighted by Gasteiger charge is -2.20. The monoisotopic (exact) mass is 302 g/mol. The summed E-state index contributed by atoms with van der Waals surface area (Å²) >= 11 is 0. The van der Waals surface area contributed by atoms with Gasteiger partial charge in [0, 0.05) is 12.3 Å². The van der Waals surface area contributed by atoms with Crippen molar-refractivity contribution in [1.29, 1.82) is 0 Å². The summed E-state index contributed by atoms with van der Waals surface area (Å²) in [6.07, 6.45) is -2.89. The van der Waals surface area contributed by atoms with Crippen LogP contribution in [0.2, 0.25) is 0 Å². The highest BCUT2D eigenvalue weighted by Crippen LogP contribution is 2.31. The second-order valence-corrected chi connectivity index (χ2v) is 5.11. The Kier molecular flexibility index (Phi) is 4.41. The molecule has 1 aromatic rings. The second kappa shape index (κ2) is 5.93. The number of hydrogen-bond donors (Lipinski definition) is 2. The maximum absolute atomic E-state index is 12.7. The Balaban J connectivity index is 2.14. The van der Waals surface area contributed by atoms with Gasteiger partial charge >= 0.3 is 6.18 Å². The highest BCUT2D eigenvalue weighted by molar-refractivity contribution is 5.99. The van der Waals surface area contributed by atoms with E-state index >= 15 is 0 Å². The van der Waals surface area contributed by atoms with Gasteiger partial charge in [-0.25, -0.2) is 0 Å². The number of nitrogen functional groups attached to an aromatic ring is 1. The van der Waals surface area contributed by atoms with Crippen LogP contribution in [0.3, 0.4) is 0 Å². The molecule has 0 bridgehead atoms. The lowest BCUT2D eigenvalue weighted by atomic mass is 10.1. The number of anilines is 1. The maximum Gasteiger partial charge on any atom is 0.416 e. The molecule has 1 fully saturated rings. The van der Waals surface area contributed by atoms with E-state index in [1.165, 1.54) is 0 Å². The Morgan fingerprint density at radius 2 is 2.19 bits per heavy atom. The van der Waals surface area contributed by atoms with Gasteiger partial charge in [0.15, 0.2) is 0 Å². The number of rotatable bonds is 3. The Bertz CT molecular complexity index is 525. The molecule has 0 saturated carbocycles. The van der Waals surface area contributed by atoms with Crippen molar-refractivity contribution in [3.63, 3.8) is 0 Å². The van der Waals surface area contributed by atoms with Crippen molar-refractivity contribution in [2.75, 3.05) is 12.3 Å². The highest BCUT2D eigenvalue weighted by Gasteiger charge is 2.32. The zero-order valence-corrected chi connectivity index (χ0v) is 11.5. The van der Waals surface area contributed by atoms with E-state index in [1.54, 1.807) is 6.92 Å². The van der Waals surface area contributed by atoms with Gasteiger partial charge in [0.25, 0.3) is 5.91 Å². The van der Waals surface area contributed by atoms with Gasteiger partial charge in [0.1, 0.15) is 0 Å². The van der Waals surface area contributed by atoms with Crippen LogP contribution in [0.15, 0.2) is 18.2 Å². The Labute approximate surface area is 120 Å². The third-order valence-corrected chi connectivity index (χ3v) is 3.51. The van der Waals surface area contributed by atoms with E-state index < -0.39 is 17.6 Å². The predicted molar refractivity (Wildman–Crippen MR) is 71.8 cm³/mol. The van der Waals surface area contributed by atoms with Gasteiger partial charge in [-0.05, 0) is 38.0 Å². The first kappa shape index (κ1) is 15.6. The molecule has 3 N–H and O–H groups in total. The first-order valence-corrected chi connectivity index (χ1v) is 6.68. The summed E-state index contributed by atoms with van der Waals surface area (Å²) in [5.41, 5.74) is 4.55. The minimum absolute atomic E-state index is 0.0139. The Morgan fingerprint density at radius 3 is 2.76 bits per heavy atom. The average molecular weight is 302 g/mol. The normalized spacial score (nSPS) is 20.3. The van der Waals surface area contributed by atoms with Crippen LogP contribution in [-0.4, -0.2) is 24.7 Å². The summed E-state index contributed by atoms with van der Waals surface area (Å²) in [5.74, 6) is -0.624. The first-order valence-electron chi connectivity index (χ1n) is 6.68. The van der Waals surface area contributed by atoms with Gasteiger partial charge in [-0.15, -0.1) is 0 Å². The molecule has 1 amide bonds. The van der Waals surface area contributed by atoms with Crippen LogP contribution in [0.25, 0.3) is 0 Å². The fourth-order valence-corrected chi connectivity index (χ4v) is 2.30. The van der Waals surface area contributed by atoms with E-state index in [0.717, 1.165) is 31.0 Å². The minimum Gasteiger partial charge on any atom is -0.398 e. The summed E-state index contributed by atoms with van der Waals surface area (Å²) in [5, 5.41) is 2.65. The quantitative estimate of drug-likeness (QED) is 0.844. The molecule has 1 aliphatic heterocycles. The van der Waals surface area contributed by atoms with Crippen molar-refractivity contribution < 1.29 is 22.7 Å². The number of nitrogens with one attached hydrogen (secondary N) is 1. The predicted octanol–water partition coefficient (Wildman–Crippen LogP) is 2.58. The third kappa shape index (κ3) is 3.66. The van der Waals surface area contributed by atoms with Crippen molar-refractivity contribution in [1.82, 2.24) is 5.32 Å². The van der Waals surface area contributed by atoms with Crippen LogP contribution in [-0.2, 0) is 10.9 Å². The smallest absolute Gasteiger partial charge is 0.398 e. The maximum atomic E-state index is 12.7. The van der Waals surface area contributed by atoms with E-state index in [-0.39, 0.29) is 23.4 Å². The van der Waals surface area contributed by atoms with Crippen molar-refractivity contribution in [2.45, 2.75) is 38.1 Å². The van der Waals surface area contributed by atoms with Crippen LogP contribution < -0.4 is 11.1 Å². The highest BCUT2D eigenvalue weighted by atomic mass is 19.4. The van der Waals surface area contributed by atoms with Gasteiger partial charge in [-0.2, -0.15) is 13.2 Å². The molecule has 7 heteroatoms. The number of halogens is 3. The molecule has 4 nitrogen and oxygen atoms in total. The fraction of sp³-hybridized carbons (Fsp3) is 0.500. The van der Waals surface area contributed by atoms with Crippen molar-refractivity contribution in [2.24, 2.45) is 0 Å². The van der Waals surface area contributed by atoms with Crippen LogP contribution >= 0.6 is 0 Å². The van der Waals surface area contributed by atoms with Gasteiger partial charge in [-0.1, -0.05) is 0 Å². The zero-order valence-electron chi connectivity index (χ0n) is 11.5. The molecule has 0 spiro atoms. The summed E-state index contributed by atoms with van der Waals surface area (Å²) in [4.78, 5) is 12.1. The number of benzene rings is 1. The molecule has 2 unspecified atom stereocenters. The first-order chi connectivity index (χ1) is 9.79. The van der Waals surface area contributed by atoms with E-state index in [2.05, 4.69) is 5.32 Å². The van der Waals surface area contributed by atoms with Gasteiger partial charge in [0.2, 0.25) is 0 Å². The van der Waals surface area contributed by atoms with Crippen molar-refractivity contribution in [3.8, 4) is 0 Å². The molecule has 0 aliphatic carbocycles. The molecule has 1 aromatic carbocycles. The molecule has 2 atom stereocenters. The number of alkyl halides is 3. The SMILES string of the molecule is CC(NC(=O)c1cc(C(F)(F)F)ccc1N)C1CCCO1. The average Bonchev–Trinajstić information content (AvgIpc) is 2.91. The summed E-state index contributed by atoms with van der Waals surface area (Å²) in [7, 11) is 0. The van der Waals surface area contributed by atoms with Gasteiger partial charge in [0.05, 0.1) is 23.3 Å². The van der Waals surface area contributed by atoms with Crippen LogP contribution in [0.5, 0.6) is 0 Å². The molecular weight excluding hydrogens is 285 g/mol. The largest absolute Gasteiger partial charge is 0.416 e. The zero-order chi connectivity index (χ0) is 15.6. The molecule has 2 rings (SSSR count). The van der Waals surface area contributed by atoms with E-state index in [9.17, 15) is 18.0 Å². The molecule has 1 saturated heterocycles. The van der Waals surface area contributed by atoms with Crippen LogP contribution in [0.1, 0.15) is 35.7 Å². The van der Waals surface area contributed by atoms with E-state index in [0.29, 0.717) is 6.61 Å². The molecule has 0 aromatic heterocycles. The molecular formula is C14H17F3N2O2. The number of ether oxygens (including phenoxy) is 1. The van der Waals surface area contributed by atoms with E-state index in [1.807, 2.05) is 0 Å². The number of amides is 1. The Morgan fingerprint density at radius 1 is 1.48 bits per heavy atom. The molecule has 0 radical (unpaired) electrons. The number of carbonyl (C=O) groups is 1. The van der Waals surface area contributed by atoms with Crippen molar-refractivity contribution >= 4 is 11.6 Å². The number of carbonyl (C=O) groups excluding carboxylic acids is 1. The van der Waals surface area contributed by atoms with Gasteiger partial charge in [-0.3, -0.25) is 4.79 Å². The molecule has 21 heavy (non-hydrogen) atoms. The fourth-order valence-electron chi connectivity index (χ4n) is 2.30. The third-order valence-electron chi connectivity index (χ3n) is 3.51. The van der Waals surface area contributed by atoms with E-state index in [4.69, 9.17) is 10.5 Å². The van der Waals surface area contributed by atoms with Crippen molar-refractivity contribution in [3.05, 3.63) is 29.3 Å². The minimum atomic E-state index is -4.51. The lowest BCUT2D eigenvalue weighted by molar-refractivity contribution is -0.137. The Hall–Kier alpha value is -1.76. The second-order valence-electron chi connectivity index (χ2n) is 5.11. The number of nitrogens with two attached hydrogens (primary N) is 1. The number of hydrogen-bond acceptors (Lipinski definition) is 3. The molecule has 1 aliphatic rings. The standard InChI is InChI=1S/C14H17F3N2O2/c1-8(12-3-2-6-21-12)19-13(20)10-7-9(14(15,16)17)4-5-11(10)18/h4-5,7-8,12H,2-3,6,18H2,1H3,(H,19,20). The molecule has 116 valence electrons. The molecule has 1 heterocycles. The summed E-state index contributed by atoms with van der Waals surface area (Å²) in [6, 6.07) is 2.44. The van der Waals surface area contributed by atoms with Crippen LogP contribution in [0.4, 0.5) is 18.9 Å².